The molecule has 2 atom stereocenters. The Morgan fingerprint density at radius 2 is 2.41 bits per heavy atom. The fourth-order valence-corrected chi connectivity index (χ4v) is 3.20. The van der Waals surface area contributed by atoms with E-state index in [1.54, 1.807) is 0 Å². The molecule has 1 aliphatic carbocycles. The lowest BCUT2D eigenvalue weighted by Crippen LogP contribution is -2.34. The third-order valence-corrected chi connectivity index (χ3v) is 4.26. The maximum atomic E-state index is 13.2. The quantitative estimate of drug-likeness (QED) is 0.906. The number of hydrogen-bond donors (Lipinski definition) is 1. The van der Waals surface area contributed by atoms with Gasteiger partial charge < -0.3 is 5.11 Å². The van der Waals surface area contributed by atoms with Gasteiger partial charge in [0.1, 0.15) is 0 Å². The molecule has 0 bridgehead atoms. The molecule has 2 rings (SSSR count). The van der Waals surface area contributed by atoms with E-state index in [2.05, 4.69) is 4.98 Å². The lowest BCUT2D eigenvalue weighted by molar-refractivity contribution is -0.0752. The van der Waals surface area contributed by atoms with Crippen molar-refractivity contribution in [2.24, 2.45) is 5.92 Å². The summed E-state index contributed by atoms with van der Waals surface area (Å²) in [4.78, 5) is 4.25. The predicted octanol–water partition coefficient (Wildman–Crippen LogP) is 3.18. The maximum absolute atomic E-state index is 13.2. The second-order valence-corrected chi connectivity index (χ2v) is 5.81. The third-order valence-electron chi connectivity index (χ3n) is 3.27. The van der Waals surface area contributed by atoms with E-state index >= 15 is 0 Å². The van der Waals surface area contributed by atoms with E-state index in [-0.39, 0.29) is 18.8 Å². The van der Waals surface area contributed by atoms with Crippen LogP contribution >= 0.6 is 11.3 Å². The summed E-state index contributed by atoms with van der Waals surface area (Å²) >= 11 is 1.48. The van der Waals surface area contributed by atoms with Gasteiger partial charge in [0.25, 0.3) is 0 Å². The van der Waals surface area contributed by atoms with Crippen LogP contribution in [0.3, 0.4) is 0 Å². The Hall–Kier alpha value is -0.550. The van der Waals surface area contributed by atoms with E-state index in [4.69, 9.17) is 0 Å². The summed E-state index contributed by atoms with van der Waals surface area (Å²) < 4.78 is 26.5. The third kappa shape index (κ3) is 3.45. The van der Waals surface area contributed by atoms with E-state index < -0.39 is 12.0 Å². The van der Waals surface area contributed by atoms with Crippen LogP contribution in [-0.2, 0) is 6.42 Å². The molecule has 1 aromatic heterocycles. The molecule has 1 fully saturated rings. The number of aliphatic hydroxyl groups excluding tert-OH is 1. The van der Waals surface area contributed by atoms with Gasteiger partial charge in [0, 0.05) is 30.3 Å². The number of alkyl halides is 2. The second kappa shape index (κ2) is 4.98. The Labute approximate surface area is 104 Å². The Bertz CT molecular complexity index is 380. The molecule has 1 N–H and O–H groups in total. The second-order valence-electron chi connectivity index (χ2n) is 4.87. The Morgan fingerprint density at radius 3 is 3.00 bits per heavy atom. The minimum absolute atomic E-state index is 0.0351. The first kappa shape index (κ1) is 12.9. The van der Waals surface area contributed by atoms with Crippen LogP contribution < -0.4 is 0 Å². The molecular formula is C12H17F2NOS. The van der Waals surface area contributed by atoms with Crippen LogP contribution in [0, 0.1) is 12.8 Å². The number of rotatable bonds is 3. The fourth-order valence-electron chi connectivity index (χ4n) is 2.38. The standard InChI is InChI=1S/C12H17F2NOS/c1-8-7-17-11(15-8)5-10(16)9-3-2-4-12(13,14)6-9/h7,9-10,16H,2-6H2,1H3. The summed E-state index contributed by atoms with van der Waals surface area (Å²) in [5.41, 5.74) is 0.922. The molecule has 1 aromatic rings. The molecule has 0 aromatic carbocycles. The molecule has 5 heteroatoms. The maximum Gasteiger partial charge on any atom is 0.248 e. The van der Waals surface area contributed by atoms with E-state index in [1.165, 1.54) is 11.3 Å². The van der Waals surface area contributed by atoms with Crippen LogP contribution in [0.25, 0.3) is 0 Å². The van der Waals surface area contributed by atoms with Crippen molar-refractivity contribution in [1.82, 2.24) is 4.98 Å². The van der Waals surface area contributed by atoms with E-state index in [0.29, 0.717) is 19.3 Å². The molecule has 1 saturated carbocycles. The van der Waals surface area contributed by atoms with Gasteiger partial charge in [0.15, 0.2) is 0 Å². The number of hydrogen-bond acceptors (Lipinski definition) is 3. The van der Waals surface area contributed by atoms with Gasteiger partial charge in [-0.15, -0.1) is 11.3 Å². The molecule has 2 unspecified atom stereocenters. The summed E-state index contributed by atoms with van der Waals surface area (Å²) in [5.74, 6) is -2.88. The van der Waals surface area contributed by atoms with Crippen molar-refractivity contribution in [2.45, 2.75) is 51.1 Å². The SMILES string of the molecule is Cc1csc(CC(O)C2CCCC(F)(F)C2)n1. The van der Waals surface area contributed by atoms with E-state index in [9.17, 15) is 13.9 Å². The molecule has 2 nitrogen and oxygen atoms in total. The lowest BCUT2D eigenvalue weighted by Gasteiger charge is -2.31. The number of halogens is 2. The van der Waals surface area contributed by atoms with Crippen molar-refractivity contribution >= 4 is 11.3 Å². The zero-order chi connectivity index (χ0) is 12.5. The van der Waals surface area contributed by atoms with Crippen LogP contribution in [-0.4, -0.2) is 22.1 Å². The Morgan fingerprint density at radius 1 is 1.65 bits per heavy atom. The van der Waals surface area contributed by atoms with Crippen LogP contribution in [0.5, 0.6) is 0 Å². The first-order valence-corrected chi connectivity index (χ1v) is 6.81. The average Bonchev–Trinajstić information content (AvgIpc) is 2.62. The Kier molecular flexibility index (Phi) is 3.78. The van der Waals surface area contributed by atoms with Gasteiger partial charge in [-0.3, -0.25) is 0 Å². The first-order valence-electron chi connectivity index (χ1n) is 5.93. The number of aliphatic hydroxyl groups is 1. The van der Waals surface area contributed by atoms with Crippen LogP contribution in [0.2, 0.25) is 0 Å². The van der Waals surface area contributed by atoms with Crippen LogP contribution in [0.15, 0.2) is 5.38 Å². The largest absolute Gasteiger partial charge is 0.392 e. The van der Waals surface area contributed by atoms with Crippen molar-refractivity contribution in [3.05, 3.63) is 16.1 Å². The summed E-state index contributed by atoms with van der Waals surface area (Å²) in [7, 11) is 0. The molecule has 96 valence electrons. The predicted molar refractivity (Wildman–Crippen MR) is 63.5 cm³/mol. The zero-order valence-electron chi connectivity index (χ0n) is 9.83. The highest BCUT2D eigenvalue weighted by atomic mass is 32.1. The fraction of sp³-hybridized carbons (Fsp3) is 0.750. The number of aromatic nitrogens is 1. The molecule has 17 heavy (non-hydrogen) atoms. The molecule has 1 heterocycles. The van der Waals surface area contributed by atoms with E-state index in [0.717, 1.165) is 10.7 Å². The molecular weight excluding hydrogens is 244 g/mol. The molecule has 0 amide bonds. The number of aryl methyl sites for hydroxylation is 1. The van der Waals surface area contributed by atoms with Crippen molar-refractivity contribution in [3.8, 4) is 0 Å². The molecule has 0 aliphatic heterocycles. The van der Waals surface area contributed by atoms with Gasteiger partial charge in [0.05, 0.1) is 11.1 Å². The van der Waals surface area contributed by atoms with Crippen molar-refractivity contribution < 1.29 is 13.9 Å². The van der Waals surface area contributed by atoms with Crippen LogP contribution in [0.4, 0.5) is 8.78 Å². The smallest absolute Gasteiger partial charge is 0.248 e. The lowest BCUT2D eigenvalue weighted by atomic mass is 9.82. The highest BCUT2D eigenvalue weighted by molar-refractivity contribution is 7.09. The van der Waals surface area contributed by atoms with Crippen molar-refractivity contribution in [3.63, 3.8) is 0 Å². The summed E-state index contributed by atoms with van der Waals surface area (Å²) in [6.45, 7) is 1.89. The average molecular weight is 261 g/mol. The Balaban J connectivity index is 1.93. The van der Waals surface area contributed by atoms with E-state index in [1.807, 2.05) is 12.3 Å². The van der Waals surface area contributed by atoms with Crippen LogP contribution in [0.1, 0.15) is 36.4 Å². The summed E-state index contributed by atoms with van der Waals surface area (Å²) in [6.07, 6.45) is 0.698. The van der Waals surface area contributed by atoms with Gasteiger partial charge >= 0.3 is 0 Å². The highest BCUT2D eigenvalue weighted by Gasteiger charge is 2.38. The minimum Gasteiger partial charge on any atom is -0.392 e. The van der Waals surface area contributed by atoms with Gasteiger partial charge in [-0.2, -0.15) is 0 Å². The molecule has 0 spiro atoms. The first-order chi connectivity index (χ1) is 7.96. The van der Waals surface area contributed by atoms with Gasteiger partial charge in [-0.25, -0.2) is 13.8 Å². The van der Waals surface area contributed by atoms with Crippen molar-refractivity contribution in [1.29, 1.82) is 0 Å². The zero-order valence-corrected chi connectivity index (χ0v) is 10.6. The highest BCUT2D eigenvalue weighted by Crippen LogP contribution is 2.38. The minimum atomic E-state index is -2.59. The number of nitrogens with zero attached hydrogens (tertiary/aromatic N) is 1. The normalized spacial score (nSPS) is 25.8. The molecule has 1 aliphatic rings. The monoisotopic (exact) mass is 261 g/mol. The number of thiazole rings is 1. The topological polar surface area (TPSA) is 33.1 Å². The van der Waals surface area contributed by atoms with Crippen molar-refractivity contribution in [2.75, 3.05) is 0 Å². The summed E-state index contributed by atoms with van der Waals surface area (Å²) in [5, 5.41) is 12.8. The van der Waals surface area contributed by atoms with Gasteiger partial charge in [-0.1, -0.05) is 0 Å². The molecule has 0 saturated heterocycles. The van der Waals surface area contributed by atoms with Gasteiger partial charge in [-0.05, 0) is 25.7 Å². The molecule has 0 radical (unpaired) electrons. The summed E-state index contributed by atoms with van der Waals surface area (Å²) in [6, 6.07) is 0. The van der Waals surface area contributed by atoms with Gasteiger partial charge in [0.2, 0.25) is 5.92 Å².